The maximum atomic E-state index is 5.66. The number of nitrogens with two attached hydrogens (primary N) is 1. The summed E-state index contributed by atoms with van der Waals surface area (Å²) in [6.07, 6.45) is 3.94. The highest BCUT2D eigenvalue weighted by molar-refractivity contribution is 5.80. The number of H-pyrrole nitrogens is 1. The second kappa shape index (κ2) is 5.09. The number of aromatic amines is 1. The number of nitrogens with zero attached hydrogens (tertiary/aromatic N) is 1. The number of imidazole rings is 1. The number of benzene rings is 2. The zero-order valence-corrected chi connectivity index (χ0v) is 11.1. The molecule has 0 aliphatic carbocycles. The molecular weight excluding hydrogens is 250 g/mol. The van der Waals surface area contributed by atoms with Crippen molar-refractivity contribution in [3.8, 4) is 5.75 Å². The molecule has 2 aromatic carbocycles. The van der Waals surface area contributed by atoms with Crippen LogP contribution in [0.3, 0.4) is 0 Å². The summed E-state index contributed by atoms with van der Waals surface area (Å²) in [4.78, 5) is 7.75. The Balaban J connectivity index is 1.88. The minimum absolute atomic E-state index is 0.762. The molecule has 1 aromatic heterocycles. The van der Waals surface area contributed by atoms with E-state index in [1.807, 2.05) is 54.6 Å². The van der Waals surface area contributed by atoms with Crippen LogP contribution in [0.15, 0.2) is 42.5 Å². The van der Waals surface area contributed by atoms with Crippen LogP contribution < -0.4 is 10.5 Å². The van der Waals surface area contributed by atoms with Gasteiger partial charge in [-0.25, -0.2) is 4.98 Å². The third kappa shape index (κ3) is 2.49. The van der Waals surface area contributed by atoms with Crippen molar-refractivity contribution in [2.24, 2.45) is 0 Å². The lowest BCUT2D eigenvalue weighted by Gasteiger charge is -1.96. The molecule has 100 valence electrons. The third-order valence-corrected chi connectivity index (χ3v) is 3.08. The first-order valence-electron chi connectivity index (χ1n) is 6.32. The van der Waals surface area contributed by atoms with E-state index in [0.717, 1.165) is 33.9 Å². The van der Waals surface area contributed by atoms with Crippen LogP contribution in [0.5, 0.6) is 5.75 Å². The summed E-state index contributed by atoms with van der Waals surface area (Å²) in [6, 6.07) is 13.5. The molecule has 0 atom stereocenters. The van der Waals surface area contributed by atoms with Gasteiger partial charge in [0.2, 0.25) is 0 Å². The molecule has 0 aliphatic heterocycles. The van der Waals surface area contributed by atoms with E-state index in [1.165, 1.54) is 0 Å². The van der Waals surface area contributed by atoms with Gasteiger partial charge in [-0.05, 0) is 35.9 Å². The maximum Gasteiger partial charge on any atom is 0.131 e. The van der Waals surface area contributed by atoms with E-state index < -0.39 is 0 Å². The minimum atomic E-state index is 0.762. The van der Waals surface area contributed by atoms with Gasteiger partial charge in [-0.15, -0.1) is 0 Å². The van der Waals surface area contributed by atoms with Gasteiger partial charge in [0.05, 0.1) is 18.1 Å². The number of hydrogen-bond donors (Lipinski definition) is 2. The smallest absolute Gasteiger partial charge is 0.131 e. The Labute approximate surface area is 116 Å². The van der Waals surface area contributed by atoms with E-state index in [-0.39, 0.29) is 0 Å². The molecule has 3 N–H and O–H groups in total. The van der Waals surface area contributed by atoms with Gasteiger partial charge in [-0.1, -0.05) is 18.2 Å². The number of nitrogen functional groups attached to an aromatic ring is 1. The van der Waals surface area contributed by atoms with Crippen LogP contribution in [0, 0.1) is 0 Å². The summed E-state index contributed by atoms with van der Waals surface area (Å²) in [7, 11) is 1.65. The standard InChI is InChI=1S/C16H15N3O/c1-20-13-7-8-14-15(10-13)19-16(18-14)9-4-11-2-5-12(17)6-3-11/h2-10H,17H2,1H3,(H,18,19). The quantitative estimate of drug-likeness (QED) is 0.714. The first-order chi connectivity index (χ1) is 9.74. The molecule has 4 heteroatoms. The average Bonchev–Trinajstić information content (AvgIpc) is 2.88. The van der Waals surface area contributed by atoms with Crippen LogP contribution in [-0.2, 0) is 0 Å². The fraction of sp³-hybridized carbons (Fsp3) is 0.0625. The Morgan fingerprint density at radius 1 is 1.10 bits per heavy atom. The second-order valence-corrected chi connectivity index (χ2v) is 4.51. The highest BCUT2D eigenvalue weighted by Crippen LogP contribution is 2.19. The second-order valence-electron chi connectivity index (χ2n) is 4.51. The molecule has 0 aliphatic rings. The van der Waals surface area contributed by atoms with Crippen molar-refractivity contribution in [2.75, 3.05) is 12.8 Å². The monoisotopic (exact) mass is 265 g/mol. The number of methoxy groups -OCH3 is 1. The topological polar surface area (TPSA) is 63.9 Å². The van der Waals surface area contributed by atoms with Crippen molar-refractivity contribution in [1.29, 1.82) is 0 Å². The number of hydrogen-bond acceptors (Lipinski definition) is 3. The van der Waals surface area contributed by atoms with Crippen molar-refractivity contribution in [1.82, 2.24) is 9.97 Å². The molecule has 20 heavy (non-hydrogen) atoms. The van der Waals surface area contributed by atoms with Crippen LogP contribution in [0.4, 0.5) is 5.69 Å². The van der Waals surface area contributed by atoms with Crippen molar-refractivity contribution in [2.45, 2.75) is 0 Å². The molecule has 0 radical (unpaired) electrons. The van der Waals surface area contributed by atoms with E-state index in [4.69, 9.17) is 10.5 Å². The van der Waals surface area contributed by atoms with Crippen molar-refractivity contribution in [3.05, 3.63) is 53.9 Å². The van der Waals surface area contributed by atoms with Crippen molar-refractivity contribution >= 4 is 28.9 Å². The molecule has 0 saturated carbocycles. The lowest BCUT2D eigenvalue weighted by molar-refractivity contribution is 0.415. The normalized spacial score (nSPS) is 11.2. The summed E-state index contributed by atoms with van der Waals surface area (Å²) in [5.41, 5.74) is 9.38. The Bertz CT molecular complexity index is 757. The molecule has 3 aromatic rings. The summed E-state index contributed by atoms with van der Waals surface area (Å²) in [5.74, 6) is 1.63. The first kappa shape index (κ1) is 12.3. The zero-order valence-electron chi connectivity index (χ0n) is 11.1. The minimum Gasteiger partial charge on any atom is -0.497 e. The van der Waals surface area contributed by atoms with Crippen LogP contribution in [-0.4, -0.2) is 17.1 Å². The van der Waals surface area contributed by atoms with Crippen LogP contribution >= 0.6 is 0 Å². The highest BCUT2D eigenvalue weighted by atomic mass is 16.5. The number of fused-ring (bicyclic) bond motifs is 1. The van der Waals surface area contributed by atoms with Gasteiger partial charge in [-0.2, -0.15) is 0 Å². The van der Waals surface area contributed by atoms with E-state index >= 15 is 0 Å². The molecule has 3 rings (SSSR count). The number of ether oxygens (including phenoxy) is 1. The van der Waals surface area contributed by atoms with Crippen molar-refractivity contribution < 1.29 is 4.74 Å². The van der Waals surface area contributed by atoms with Gasteiger partial charge in [0.25, 0.3) is 0 Å². The van der Waals surface area contributed by atoms with Gasteiger partial charge in [-0.3, -0.25) is 0 Å². The van der Waals surface area contributed by atoms with Gasteiger partial charge in [0.15, 0.2) is 0 Å². The van der Waals surface area contributed by atoms with Crippen LogP contribution in [0.1, 0.15) is 11.4 Å². The summed E-state index contributed by atoms with van der Waals surface area (Å²) in [6.45, 7) is 0. The van der Waals surface area contributed by atoms with Crippen LogP contribution in [0.25, 0.3) is 23.2 Å². The summed E-state index contributed by atoms with van der Waals surface area (Å²) < 4.78 is 5.19. The first-order valence-corrected chi connectivity index (χ1v) is 6.32. The van der Waals surface area contributed by atoms with Crippen LogP contribution in [0.2, 0.25) is 0 Å². The zero-order chi connectivity index (χ0) is 13.9. The molecule has 0 bridgehead atoms. The van der Waals surface area contributed by atoms with Gasteiger partial charge >= 0.3 is 0 Å². The predicted octanol–water partition coefficient (Wildman–Crippen LogP) is 3.32. The van der Waals surface area contributed by atoms with Crippen molar-refractivity contribution in [3.63, 3.8) is 0 Å². The number of anilines is 1. The number of rotatable bonds is 3. The lowest BCUT2D eigenvalue weighted by atomic mass is 10.2. The highest BCUT2D eigenvalue weighted by Gasteiger charge is 2.01. The Morgan fingerprint density at radius 3 is 2.65 bits per heavy atom. The molecule has 0 unspecified atom stereocenters. The number of nitrogens with one attached hydrogen (secondary N) is 1. The maximum absolute atomic E-state index is 5.66. The van der Waals surface area contributed by atoms with E-state index in [1.54, 1.807) is 7.11 Å². The van der Waals surface area contributed by atoms with E-state index in [0.29, 0.717) is 0 Å². The fourth-order valence-electron chi connectivity index (χ4n) is 2.00. The van der Waals surface area contributed by atoms with Gasteiger partial charge < -0.3 is 15.5 Å². The molecule has 0 spiro atoms. The Hall–Kier alpha value is -2.75. The largest absolute Gasteiger partial charge is 0.497 e. The molecule has 0 fully saturated rings. The van der Waals surface area contributed by atoms with Gasteiger partial charge in [0.1, 0.15) is 11.6 Å². The summed E-state index contributed by atoms with van der Waals surface area (Å²) in [5, 5.41) is 0. The SMILES string of the molecule is COc1ccc2nc(C=Cc3ccc(N)cc3)[nH]c2c1. The number of aromatic nitrogens is 2. The third-order valence-electron chi connectivity index (χ3n) is 3.08. The van der Waals surface area contributed by atoms with Gasteiger partial charge in [0, 0.05) is 11.8 Å². The Kier molecular flexibility index (Phi) is 3.13. The molecule has 4 nitrogen and oxygen atoms in total. The summed E-state index contributed by atoms with van der Waals surface area (Å²) >= 11 is 0. The molecule has 0 saturated heterocycles. The molecular formula is C16H15N3O. The fourth-order valence-corrected chi connectivity index (χ4v) is 2.00. The molecule has 1 heterocycles. The lowest BCUT2D eigenvalue weighted by Crippen LogP contribution is -1.82. The average molecular weight is 265 g/mol. The van der Waals surface area contributed by atoms with E-state index in [2.05, 4.69) is 9.97 Å². The predicted molar refractivity (Wildman–Crippen MR) is 82.4 cm³/mol. The molecule has 0 amide bonds. The van der Waals surface area contributed by atoms with E-state index in [9.17, 15) is 0 Å². The Morgan fingerprint density at radius 2 is 1.90 bits per heavy atom.